The summed E-state index contributed by atoms with van der Waals surface area (Å²) in [5.41, 5.74) is 7.02. The summed E-state index contributed by atoms with van der Waals surface area (Å²) in [6, 6.07) is 0.0281. The van der Waals surface area contributed by atoms with Crippen molar-refractivity contribution in [2.24, 2.45) is 23.5 Å². The van der Waals surface area contributed by atoms with Gasteiger partial charge in [0.1, 0.15) is 5.69 Å². The van der Waals surface area contributed by atoms with E-state index in [0.29, 0.717) is 17.5 Å². The van der Waals surface area contributed by atoms with Gasteiger partial charge in [-0.25, -0.2) is 0 Å². The van der Waals surface area contributed by atoms with Crippen molar-refractivity contribution in [3.63, 3.8) is 0 Å². The van der Waals surface area contributed by atoms with Crippen molar-refractivity contribution in [3.8, 4) is 0 Å². The third-order valence-electron chi connectivity index (χ3n) is 5.07. The van der Waals surface area contributed by atoms with Gasteiger partial charge in [-0.15, -0.1) is 0 Å². The van der Waals surface area contributed by atoms with Gasteiger partial charge < -0.3 is 10.6 Å². The van der Waals surface area contributed by atoms with E-state index in [1.165, 1.54) is 6.42 Å². The van der Waals surface area contributed by atoms with Crippen molar-refractivity contribution in [1.82, 2.24) is 14.7 Å². The van der Waals surface area contributed by atoms with Gasteiger partial charge >= 0.3 is 0 Å². The molecule has 0 spiro atoms. The number of halogens is 1. The minimum absolute atomic E-state index is 0.0187. The Kier molecular flexibility index (Phi) is 4.21. The van der Waals surface area contributed by atoms with Crippen LogP contribution in [-0.4, -0.2) is 47.1 Å². The van der Waals surface area contributed by atoms with Crippen molar-refractivity contribution in [2.45, 2.75) is 31.8 Å². The predicted octanol–water partition coefficient (Wildman–Crippen LogP) is 1.76. The molecule has 4 unspecified atom stereocenters. The highest BCUT2D eigenvalue weighted by Gasteiger charge is 2.49. The van der Waals surface area contributed by atoms with Crippen molar-refractivity contribution < 1.29 is 4.79 Å². The zero-order valence-corrected chi connectivity index (χ0v) is 14.2. The van der Waals surface area contributed by atoms with E-state index in [4.69, 9.17) is 5.73 Å². The van der Waals surface area contributed by atoms with Gasteiger partial charge in [0, 0.05) is 18.5 Å². The molecule has 21 heavy (non-hydrogen) atoms. The first-order valence-corrected chi connectivity index (χ1v) is 8.44. The molecule has 0 amide bonds. The molecule has 0 aromatic carbocycles. The standard InChI is InChI=1S/C15H23BrN4O/c1-19(2)5-6-20-14(11(16)8-18-20)15(21)12-9-3-4-10(7-9)13(12)17/h8-10,12-13H,3-7,17H2,1-2H3. The number of likely N-dealkylation sites (N-methyl/N-ethyl adjacent to an activating group) is 1. The quantitative estimate of drug-likeness (QED) is 0.818. The van der Waals surface area contributed by atoms with E-state index in [9.17, 15) is 4.79 Å². The number of hydrogen-bond acceptors (Lipinski definition) is 4. The Morgan fingerprint density at radius 1 is 1.48 bits per heavy atom. The first-order valence-electron chi connectivity index (χ1n) is 7.65. The normalized spacial score (nSPS) is 31.3. The van der Waals surface area contributed by atoms with Crippen LogP contribution in [0.25, 0.3) is 0 Å². The topological polar surface area (TPSA) is 64.2 Å². The lowest BCUT2D eigenvalue weighted by atomic mass is 9.81. The van der Waals surface area contributed by atoms with Gasteiger partial charge in [0.05, 0.1) is 17.2 Å². The van der Waals surface area contributed by atoms with E-state index in [2.05, 4.69) is 25.9 Å². The van der Waals surface area contributed by atoms with E-state index in [0.717, 1.165) is 30.4 Å². The Balaban J connectivity index is 1.83. The highest BCUT2D eigenvalue weighted by molar-refractivity contribution is 9.10. The fraction of sp³-hybridized carbons (Fsp3) is 0.733. The lowest BCUT2D eigenvalue weighted by Crippen LogP contribution is -2.41. The first-order chi connectivity index (χ1) is 9.99. The second-order valence-electron chi connectivity index (χ2n) is 6.67. The van der Waals surface area contributed by atoms with Crippen LogP contribution in [0.3, 0.4) is 0 Å². The van der Waals surface area contributed by atoms with Crippen molar-refractivity contribution in [1.29, 1.82) is 0 Å². The third-order valence-corrected chi connectivity index (χ3v) is 5.65. The fourth-order valence-corrected chi connectivity index (χ4v) is 4.45. The highest BCUT2D eigenvalue weighted by Crippen LogP contribution is 2.49. The number of nitrogens with zero attached hydrogens (tertiary/aromatic N) is 3. The number of carbonyl (C=O) groups excluding carboxylic acids is 1. The number of nitrogens with two attached hydrogens (primary N) is 1. The fourth-order valence-electron chi connectivity index (χ4n) is 3.95. The Hall–Kier alpha value is -0.720. The smallest absolute Gasteiger partial charge is 0.186 e. The SMILES string of the molecule is CN(C)CCn1ncc(Br)c1C(=O)C1C2CCC(C2)C1N. The minimum Gasteiger partial charge on any atom is -0.327 e. The maximum absolute atomic E-state index is 13.0. The molecule has 2 aliphatic carbocycles. The van der Waals surface area contributed by atoms with Gasteiger partial charge in [0.2, 0.25) is 0 Å². The van der Waals surface area contributed by atoms with E-state index >= 15 is 0 Å². The van der Waals surface area contributed by atoms with E-state index < -0.39 is 0 Å². The molecule has 1 aromatic heterocycles. The zero-order valence-electron chi connectivity index (χ0n) is 12.6. The second-order valence-corrected chi connectivity index (χ2v) is 7.52. The van der Waals surface area contributed by atoms with E-state index in [1.807, 2.05) is 18.8 Å². The largest absolute Gasteiger partial charge is 0.327 e. The summed E-state index contributed by atoms with van der Waals surface area (Å²) in [5, 5.41) is 4.35. The van der Waals surface area contributed by atoms with E-state index in [1.54, 1.807) is 6.20 Å². The molecule has 1 heterocycles. The van der Waals surface area contributed by atoms with Crippen LogP contribution in [0.1, 0.15) is 29.8 Å². The average Bonchev–Trinajstić information content (AvgIpc) is 3.10. The van der Waals surface area contributed by atoms with Gasteiger partial charge in [0.25, 0.3) is 0 Å². The molecule has 0 aliphatic heterocycles. The number of hydrogen-bond donors (Lipinski definition) is 1. The molecule has 3 rings (SSSR count). The number of ketones is 1. The molecule has 2 saturated carbocycles. The highest BCUT2D eigenvalue weighted by atomic mass is 79.9. The summed E-state index contributed by atoms with van der Waals surface area (Å²) < 4.78 is 2.62. The molecule has 6 heteroatoms. The zero-order chi connectivity index (χ0) is 15.1. The second kappa shape index (κ2) is 5.82. The maximum Gasteiger partial charge on any atom is 0.186 e. The van der Waals surface area contributed by atoms with Crippen LogP contribution in [0.5, 0.6) is 0 Å². The number of carbonyl (C=O) groups is 1. The van der Waals surface area contributed by atoms with Crippen LogP contribution in [0.4, 0.5) is 0 Å². The predicted molar refractivity (Wildman–Crippen MR) is 85.1 cm³/mol. The van der Waals surface area contributed by atoms with Crippen molar-refractivity contribution in [3.05, 3.63) is 16.4 Å². The summed E-state index contributed by atoms with van der Waals surface area (Å²) in [6.07, 6.45) is 5.19. The Morgan fingerprint density at radius 3 is 2.81 bits per heavy atom. The molecule has 2 bridgehead atoms. The summed E-state index contributed by atoms with van der Waals surface area (Å²) in [4.78, 5) is 15.1. The Bertz CT molecular complexity index is 540. The number of fused-ring (bicyclic) bond motifs is 2. The van der Waals surface area contributed by atoms with Crippen molar-refractivity contribution in [2.75, 3.05) is 20.6 Å². The molecule has 2 fully saturated rings. The molecular formula is C15H23BrN4O. The van der Waals surface area contributed by atoms with Crippen LogP contribution >= 0.6 is 15.9 Å². The maximum atomic E-state index is 13.0. The lowest BCUT2D eigenvalue weighted by Gasteiger charge is -2.27. The Labute approximate surface area is 134 Å². The molecule has 2 aliphatic rings. The average molecular weight is 355 g/mol. The molecule has 5 nitrogen and oxygen atoms in total. The van der Waals surface area contributed by atoms with Crippen LogP contribution in [0.2, 0.25) is 0 Å². The lowest BCUT2D eigenvalue weighted by molar-refractivity contribution is 0.0843. The molecular weight excluding hydrogens is 332 g/mol. The van der Waals surface area contributed by atoms with Gasteiger partial charge in [-0.2, -0.15) is 5.10 Å². The monoisotopic (exact) mass is 354 g/mol. The molecule has 116 valence electrons. The third kappa shape index (κ3) is 2.69. The van der Waals surface area contributed by atoms with Crippen LogP contribution in [0.15, 0.2) is 10.7 Å². The van der Waals surface area contributed by atoms with Gasteiger partial charge in [-0.3, -0.25) is 9.48 Å². The van der Waals surface area contributed by atoms with Crippen molar-refractivity contribution >= 4 is 21.7 Å². The number of rotatable bonds is 5. The van der Waals surface area contributed by atoms with Crippen LogP contribution < -0.4 is 5.73 Å². The Morgan fingerprint density at radius 2 is 2.19 bits per heavy atom. The number of aromatic nitrogens is 2. The molecule has 0 saturated heterocycles. The first kappa shape index (κ1) is 15.2. The molecule has 0 radical (unpaired) electrons. The van der Waals surface area contributed by atoms with Gasteiger partial charge in [-0.1, -0.05) is 0 Å². The van der Waals surface area contributed by atoms with E-state index in [-0.39, 0.29) is 17.7 Å². The summed E-state index contributed by atoms with van der Waals surface area (Å²) in [5.74, 6) is 1.18. The molecule has 2 N–H and O–H groups in total. The van der Waals surface area contributed by atoms with Gasteiger partial charge in [0.15, 0.2) is 5.78 Å². The molecule has 1 aromatic rings. The summed E-state index contributed by atoms with van der Waals surface area (Å²) in [7, 11) is 4.04. The summed E-state index contributed by atoms with van der Waals surface area (Å²) in [6.45, 7) is 1.58. The van der Waals surface area contributed by atoms with Gasteiger partial charge in [-0.05, 0) is 61.1 Å². The van der Waals surface area contributed by atoms with Crippen LogP contribution in [0, 0.1) is 17.8 Å². The summed E-state index contributed by atoms with van der Waals surface area (Å²) >= 11 is 3.49. The minimum atomic E-state index is -0.0187. The molecule has 4 atom stereocenters. The van der Waals surface area contributed by atoms with Crippen LogP contribution in [-0.2, 0) is 6.54 Å². The number of Topliss-reactive ketones (excluding diaryl/α,β-unsaturated/α-hetero) is 1.